The van der Waals surface area contributed by atoms with Crippen LogP contribution in [0.4, 0.5) is 4.39 Å². The van der Waals surface area contributed by atoms with E-state index < -0.39 is 5.82 Å². The zero-order valence-corrected chi connectivity index (χ0v) is 21.3. The first-order valence-corrected chi connectivity index (χ1v) is 11.8. The lowest BCUT2D eigenvalue weighted by Gasteiger charge is -2.15. The molecule has 0 radical (unpaired) electrons. The van der Waals surface area contributed by atoms with Crippen molar-refractivity contribution in [1.29, 1.82) is 5.41 Å². The van der Waals surface area contributed by atoms with Crippen LogP contribution in [0.2, 0.25) is 0 Å². The molecule has 0 saturated carbocycles. The molecule has 0 aliphatic heterocycles. The van der Waals surface area contributed by atoms with Crippen LogP contribution in [0, 0.1) is 18.2 Å². The molecule has 3 rings (SSSR count). The molecule has 3 aromatic carbocycles. The summed E-state index contributed by atoms with van der Waals surface area (Å²) in [5.74, 6) is -0.612. The smallest absolute Gasteiger partial charge is 0.152 e. The number of allylic oxidation sites excluding steroid dienone is 3. The van der Waals surface area contributed by atoms with Gasteiger partial charge in [0.05, 0.1) is 11.3 Å². The minimum atomic E-state index is -0.612. The van der Waals surface area contributed by atoms with Gasteiger partial charge in [-0.25, -0.2) is 4.39 Å². The standard InChI is InChI=1S/C28H26FNO.C2H6.C2H4/c1-4-8-22-15-21(13-14-26(22)25-10-7-6-9-19(25)3)20(5-2)17-28(30)23-11-12-24(18-31)27(29)16-23;2*1-2/h4,6-7,9-18,30H,1,5,8H2,2-3H3;1-2H3;1-2H2/b20-17+,30-28?;;. The Morgan fingerprint density at radius 1 is 0.971 bits per heavy atom. The van der Waals surface area contributed by atoms with Gasteiger partial charge in [-0.3, -0.25) is 4.79 Å². The zero-order chi connectivity index (χ0) is 26.4. The largest absolute Gasteiger partial charge is 0.300 e. The molecule has 3 heteroatoms. The van der Waals surface area contributed by atoms with Gasteiger partial charge in [0, 0.05) is 5.56 Å². The number of benzene rings is 3. The monoisotopic (exact) mass is 469 g/mol. The highest BCUT2D eigenvalue weighted by Gasteiger charge is 2.11. The fourth-order valence-electron chi connectivity index (χ4n) is 3.69. The summed E-state index contributed by atoms with van der Waals surface area (Å²) in [6.45, 7) is 18.1. The van der Waals surface area contributed by atoms with Crippen molar-refractivity contribution in [3.63, 3.8) is 0 Å². The van der Waals surface area contributed by atoms with Crippen LogP contribution >= 0.6 is 0 Å². The zero-order valence-electron chi connectivity index (χ0n) is 21.3. The van der Waals surface area contributed by atoms with Crippen LogP contribution in [0.1, 0.15) is 59.8 Å². The van der Waals surface area contributed by atoms with Gasteiger partial charge in [-0.15, -0.1) is 19.7 Å². The number of carbonyl (C=O) groups is 1. The van der Waals surface area contributed by atoms with Crippen molar-refractivity contribution >= 4 is 17.6 Å². The summed E-state index contributed by atoms with van der Waals surface area (Å²) in [6, 6.07) is 18.9. The Morgan fingerprint density at radius 3 is 2.20 bits per heavy atom. The van der Waals surface area contributed by atoms with E-state index in [2.05, 4.69) is 57.0 Å². The normalized spacial score (nSPS) is 10.3. The number of nitrogens with one attached hydrogen (secondary N) is 1. The molecule has 2 nitrogen and oxygen atoms in total. The number of halogens is 1. The van der Waals surface area contributed by atoms with E-state index in [9.17, 15) is 9.18 Å². The van der Waals surface area contributed by atoms with E-state index in [0.717, 1.165) is 24.0 Å². The second-order valence-electron chi connectivity index (χ2n) is 7.47. The maximum atomic E-state index is 14.0. The van der Waals surface area contributed by atoms with E-state index in [-0.39, 0.29) is 11.3 Å². The van der Waals surface area contributed by atoms with Crippen molar-refractivity contribution in [2.45, 2.75) is 40.5 Å². The minimum absolute atomic E-state index is 0.00268. The Labute approximate surface area is 210 Å². The summed E-state index contributed by atoms with van der Waals surface area (Å²) in [4.78, 5) is 10.8. The van der Waals surface area contributed by atoms with E-state index >= 15 is 0 Å². The van der Waals surface area contributed by atoms with Crippen LogP contribution in [-0.2, 0) is 6.42 Å². The van der Waals surface area contributed by atoms with Crippen LogP contribution in [0.15, 0.2) is 92.6 Å². The molecule has 3 aromatic rings. The topological polar surface area (TPSA) is 40.9 Å². The number of aldehydes is 1. The number of rotatable bonds is 8. The number of hydrogen-bond donors (Lipinski definition) is 1. The van der Waals surface area contributed by atoms with Gasteiger partial charge in [0.25, 0.3) is 0 Å². The lowest BCUT2D eigenvalue weighted by atomic mass is 9.90. The Bertz CT molecular complexity index is 1190. The summed E-state index contributed by atoms with van der Waals surface area (Å²) in [5.41, 5.74) is 7.45. The quantitative estimate of drug-likeness (QED) is 0.199. The molecule has 0 heterocycles. The first kappa shape index (κ1) is 29.2. The molecule has 1 N–H and O–H groups in total. The number of hydrogen-bond acceptors (Lipinski definition) is 2. The molecule has 0 atom stereocenters. The average molecular weight is 470 g/mol. The maximum Gasteiger partial charge on any atom is 0.152 e. The fraction of sp³-hybridized carbons (Fsp3) is 0.188. The van der Waals surface area contributed by atoms with Gasteiger partial charge >= 0.3 is 0 Å². The third-order valence-electron chi connectivity index (χ3n) is 5.41. The van der Waals surface area contributed by atoms with Crippen LogP contribution in [0.3, 0.4) is 0 Å². The van der Waals surface area contributed by atoms with E-state index in [1.165, 1.54) is 34.4 Å². The van der Waals surface area contributed by atoms with Gasteiger partial charge in [-0.2, -0.15) is 0 Å². The lowest BCUT2D eigenvalue weighted by molar-refractivity contribution is 0.112. The summed E-state index contributed by atoms with van der Waals surface area (Å²) in [6.07, 6.45) is 5.62. The van der Waals surface area contributed by atoms with Gasteiger partial charge in [0.2, 0.25) is 0 Å². The third-order valence-corrected chi connectivity index (χ3v) is 5.41. The van der Waals surface area contributed by atoms with Crippen LogP contribution in [0.5, 0.6) is 0 Å². The second kappa shape index (κ2) is 15.1. The fourth-order valence-corrected chi connectivity index (χ4v) is 3.69. The molecule has 0 unspecified atom stereocenters. The first-order chi connectivity index (χ1) is 17.0. The van der Waals surface area contributed by atoms with Crippen LogP contribution in [0.25, 0.3) is 16.7 Å². The number of aryl methyl sites for hydroxylation is 1. The molecule has 0 fully saturated rings. The summed E-state index contributed by atoms with van der Waals surface area (Å²) >= 11 is 0. The summed E-state index contributed by atoms with van der Waals surface area (Å²) in [5, 5.41) is 8.43. The van der Waals surface area contributed by atoms with E-state index in [1.807, 2.05) is 39.0 Å². The molecule has 0 amide bonds. The van der Waals surface area contributed by atoms with Gasteiger partial charge in [0.1, 0.15) is 5.82 Å². The predicted octanol–water partition coefficient (Wildman–Crippen LogP) is 9.03. The summed E-state index contributed by atoms with van der Waals surface area (Å²) < 4.78 is 14.0. The minimum Gasteiger partial charge on any atom is -0.300 e. The Hall–Kier alpha value is -3.85. The van der Waals surface area contributed by atoms with Crippen molar-refractivity contribution in [3.05, 3.63) is 126 Å². The van der Waals surface area contributed by atoms with E-state index in [0.29, 0.717) is 11.8 Å². The SMILES string of the molecule is C=C.C=CCc1cc(/C(=C/C(=N)c2ccc(C=O)c(F)c2)CC)ccc1-c1ccccc1C.CC. The van der Waals surface area contributed by atoms with Gasteiger partial charge in [-0.05, 0) is 71.4 Å². The highest BCUT2D eigenvalue weighted by Crippen LogP contribution is 2.31. The summed E-state index contributed by atoms with van der Waals surface area (Å²) in [7, 11) is 0. The molecular weight excluding hydrogens is 433 g/mol. The third kappa shape index (κ3) is 7.58. The molecule has 0 saturated heterocycles. The van der Waals surface area contributed by atoms with Crippen molar-refractivity contribution < 1.29 is 9.18 Å². The molecule has 0 bridgehead atoms. The average Bonchev–Trinajstić information content (AvgIpc) is 2.90. The Balaban J connectivity index is 0.00000145. The van der Waals surface area contributed by atoms with Crippen molar-refractivity contribution in [2.75, 3.05) is 0 Å². The van der Waals surface area contributed by atoms with Crippen molar-refractivity contribution in [2.24, 2.45) is 0 Å². The lowest BCUT2D eigenvalue weighted by Crippen LogP contribution is -2.00. The number of carbonyl (C=O) groups excluding carboxylic acids is 1. The molecule has 0 aromatic heterocycles. The molecule has 0 aliphatic rings. The highest BCUT2D eigenvalue weighted by atomic mass is 19.1. The van der Waals surface area contributed by atoms with Crippen molar-refractivity contribution in [1.82, 2.24) is 0 Å². The van der Waals surface area contributed by atoms with Gasteiger partial charge < -0.3 is 5.41 Å². The first-order valence-electron chi connectivity index (χ1n) is 11.8. The molecule has 0 spiro atoms. The second-order valence-corrected chi connectivity index (χ2v) is 7.47. The van der Waals surface area contributed by atoms with Gasteiger partial charge in [-0.1, -0.05) is 75.4 Å². The molecular formula is C32H36FNO. The predicted molar refractivity (Wildman–Crippen MR) is 150 cm³/mol. The molecule has 0 aliphatic carbocycles. The Morgan fingerprint density at radius 2 is 1.63 bits per heavy atom. The van der Waals surface area contributed by atoms with E-state index in [1.54, 1.807) is 12.1 Å². The highest BCUT2D eigenvalue weighted by molar-refractivity contribution is 6.10. The van der Waals surface area contributed by atoms with Crippen LogP contribution in [-0.4, -0.2) is 12.0 Å². The van der Waals surface area contributed by atoms with Crippen LogP contribution < -0.4 is 0 Å². The molecule has 182 valence electrons. The van der Waals surface area contributed by atoms with Crippen molar-refractivity contribution in [3.8, 4) is 11.1 Å². The molecule has 35 heavy (non-hydrogen) atoms. The Kier molecular flexibility index (Phi) is 12.6. The van der Waals surface area contributed by atoms with Gasteiger partial charge in [0.15, 0.2) is 6.29 Å². The van der Waals surface area contributed by atoms with E-state index in [4.69, 9.17) is 5.41 Å². The maximum absolute atomic E-state index is 14.0.